The van der Waals surface area contributed by atoms with Crippen molar-refractivity contribution in [2.24, 2.45) is 5.92 Å². The summed E-state index contributed by atoms with van der Waals surface area (Å²) in [6, 6.07) is 3.84. The summed E-state index contributed by atoms with van der Waals surface area (Å²) >= 11 is 0. The first-order chi connectivity index (χ1) is 14.2. The Morgan fingerprint density at radius 1 is 1.23 bits per heavy atom. The number of fused-ring (bicyclic) bond motifs is 1. The molecule has 0 fully saturated rings. The minimum Gasteiger partial charge on any atom is -0.467 e. The van der Waals surface area contributed by atoms with Crippen LogP contribution in [0.2, 0.25) is 0 Å². The molecule has 1 aromatic carbocycles. The van der Waals surface area contributed by atoms with Crippen molar-refractivity contribution in [1.82, 2.24) is 14.9 Å². The van der Waals surface area contributed by atoms with Gasteiger partial charge in [0.1, 0.15) is 11.7 Å². The zero-order valence-corrected chi connectivity index (χ0v) is 17.9. The third-order valence-corrected chi connectivity index (χ3v) is 4.98. The van der Waals surface area contributed by atoms with Gasteiger partial charge in [-0.2, -0.15) is 0 Å². The summed E-state index contributed by atoms with van der Waals surface area (Å²) in [7, 11) is 1.25. The van der Waals surface area contributed by atoms with E-state index in [-0.39, 0.29) is 17.0 Å². The molecule has 9 heteroatoms. The van der Waals surface area contributed by atoms with E-state index in [2.05, 4.69) is 10.3 Å². The molecule has 2 atom stereocenters. The maximum atomic E-state index is 12.4. The second-order valence-electron chi connectivity index (χ2n) is 6.98. The average molecular weight is 417 g/mol. The fourth-order valence-electron chi connectivity index (χ4n) is 3.04. The van der Waals surface area contributed by atoms with Crippen LogP contribution in [0.1, 0.15) is 43.2 Å². The first-order valence-electron chi connectivity index (χ1n) is 9.78. The summed E-state index contributed by atoms with van der Waals surface area (Å²) in [5, 5.41) is 2.54. The molecule has 2 aromatic rings. The number of nitrogens with one attached hydrogen (secondary N) is 1. The van der Waals surface area contributed by atoms with E-state index in [4.69, 9.17) is 9.47 Å². The standard InChI is InChI=1S/C21H27N3O6/c1-6-12(3)18(21(28)29-5)23-17(25)11-30-20(27)14-8-9-16-15(10-14)22-13(4)19(26)24(16)7-2/h8-10,12,18H,6-7,11H2,1-5H3,(H,23,25)/t12-,18-/m0/s1. The number of aryl methyl sites for hydroxylation is 2. The van der Waals surface area contributed by atoms with Crippen molar-refractivity contribution in [2.45, 2.75) is 46.7 Å². The molecule has 1 amide bonds. The number of rotatable bonds is 8. The van der Waals surface area contributed by atoms with Crippen LogP contribution in [0, 0.1) is 12.8 Å². The largest absolute Gasteiger partial charge is 0.467 e. The van der Waals surface area contributed by atoms with Gasteiger partial charge >= 0.3 is 11.9 Å². The Morgan fingerprint density at radius 3 is 2.53 bits per heavy atom. The van der Waals surface area contributed by atoms with E-state index in [0.717, 1.165) is 0 Å². The van der Waals surface area contributed by atoms with Gasteiger partial charge in [-0.05, 0) is 38.0 Å². The van der Waals surface area contributed by atoms with Crippen LogP contribution in [0.15, 0.2) is 23.0 Å². The highest BCUT2D eigenvalue weighted by Gasteiger charge is 2.27. The molecule has 0 bridgehead atoms. The summed E-state index contributed by atoms with van der Waals surface area (Å²) in [6.45, 7) is 7.09. The molecule has 30 heavy (non-hydrogen) atoms. The molecule has 1 aromatic heterocycles. The Balaban J connectivity index is 2.11. The van der Waals surface area contributed by atoms with Crippen molar-refractivity contribution >= 4 is 28.9 Å². The number of hydrogen-bond acceptors (Lipinski definition) is 7. The van der Waals surface area contributed by atoms with Crippen LogP contribution >= 0.6 is 0 Å². The Hall–Kier alpha value is -3.23. The topological polar surface area (TPSA) is 117 Å². The molecular formula is C21H27N3O6. The molecule has 1 N–H and O–H groups in total. The second kappa shape index (κ2) is 10.00. The number of hydrogen-bond donors (Lipinski definition) is 1. The van der Waals surface area contributed by atoms with Crippen molar-refractivity contribution in [2.75, 3.05) is 13.7 Å². The zero-order valence-electron chi connectivity index (χ0n) is 17.9. The smallest absolute Gasteiger partial charge is 0.338 e. The van der Waals surface area contributed by atoms with Gasteiger partial charge in [-0.25, -0.2) is 14.6 Å². The summed E-state index contributed by atoms with van der Waals surface area (Å²) in [6.07, 6.45) is 0.659. The van der Waals surface area contributed by atoms with Crippen molar-refractivity contribution in [1.29, 1.82) is 0 Å². The van der Waals surface area contributed by atoms with Crippen molar-refractivity contribution in [3.63, 3.8) is 0 Å². The molecule has 0 unspecified atom stereocenters. The summed E-state index contributed by atoms with van der Waals surface area (Å²) in [5.41, 5.74) is 1.44. The lowest BCUT2D eigenvalue weighted by atomic mass is 9.99. The van der Waals surface area contributed by atoms with E-state index in [1.807, 2.05) is 20.8 Å². The summed E-state index contributed by atoms with van der Waals surface area (Å²) < 4.78 is 11.4. The van der Waals surface area contributed by atoms with Gasteiger partial charge < -0.3 is 19.4 Å². The van der Waals surface area contributed by atoms with Crippen LogP contribution < -0.4 is 10.9 Å². The molecule has 162 valence electrons. The Labute approximate surface area is 174 Å². The number of amides is 1. The highest BCUT2D eigenvalue weighted by molar-refractivity contribution is 5.95. The minimum absolute atomic E-state index is 0.136. The fourth-order valence-corrected chi connectivity index (χ4v) is 3.04. The van der Waals surface area contributed by atoms with E-state index in [9.17, 15) is 19.2 Å². The van der Waals surface area contributed by atoms with E-state index < -0.39 is 30.5 Å². The number of aromatic nitrogens is 2. The normalized spacial score (nSPS) is 12.8. The summed E-state index contributed by atoms with van der Waals surface area (Å²) in [4.78, 5) is 52.8. The fraction of sp³-hybridized carbons (Fsp3) is 0.476. The molecule has 0 aliphatic rings. The lowest BCUT2D eigenvalue weighted by Gasteiger charge is -2.21. The van der Waals surface area contributed by atoms with Crippen LogP contribution in [-0.2, 0) is 25.6 Å². The Kier molecular flexibility index (Phi) is 7.68. The van der Waals surface area contributed by atoms with Crippen LogP contribution in [0.25, 0.3) is 11.0 Å². The molecule has 0 spiro atoms. The average Bonchev–Trinajstić information content (AvgIpc) is 2.75. The first kappa shape index (κ1) is 23.1. The number of benzene rings is 1. The monoisotopic (exact) mass is 417 g/mol. The van der Waals surface area contributed by atoms with E-state index in [1.54, 1.807) is 17.6 Å². The van der Waals surface area contributed by atoms with Gasteiger partial charge in [-0.1, -0.05) is 20.3 Å². The molecule has 0 saturated carbocycles. The quantitative estimate of drug-likeness (QED) is 0.648. The second-order valence-corrected chi connectivity index (χ2v) is 6.98. The number of esters is 2. The minimum atomic E-state index is -0.815. The van der Waals surface area contributed by atoms with Gasteiger partial charge in [-0.3, -0.25) is 9.59 Å². The van der Waals surface area contributed by atoms with Crippen LogP contribution in [0.5, 0.6) is 0 Å². The first-order valence-corrected chi connectivity index (χ1v) is 9.78. The summed E-state index contributed by atoms with van der Waals surface area (Å²) in [5.74, 6) is -2.00. The SMILES string of the molecule is CC[C@H](C)[C@H](NC(=O)COC(=O)c1ccc2c(c1)nc(C)c(=O)n2CC)C(=O)OC. The van der Waals surface area contributed by atoms with Crippen molar-refractivity contribution in [3.8, 4) is 0 Å². The van der Waals surface area contributed by atoms with Gasteiger partial charge in [-0.15, -0.1) is 0 Å². The van der Waals surface area contributed by atoms with E-state index in [1.165, 1.54) is 19.2 Å². The molecule has 2 rings (SSSR count). The molecule has 1 heterocycles. The molecular weight excluding hydrogens is 390 g/mol. The lowest BCUT2D eigenvalue weighted by molar-refractivity contribution is -0.147. The van der Waals surface area contributed by atoms with Crippen LogP contribution in [0.4, 0.5) is 0 Å². The molecule has 0 saturated heterocycles. The van der Waals surface area contributed by atoms with E-state index >= 15 is 0 Å². The number of nitrogens with zero attached hydrogens (tertiary/aromatic N) is 2. The molecule has 0 aliphatic heterocycles. The molecule has 9 nitrogen and oxygen atoms in total. The number of methoxy groups -OCH3 is 1. The Morgan fingerprint density at radius 2 is 1.93 bits per heavy atom. The van der Waals surface area contributed by atoms with E-state index in [0.29, 0.717) is 29.7 Å². The number of carbonyl (C=O) groups is 3. The van der Waals surface area contributed by atoms with Crippen molar-refractivity contribution < 1.29 is 23.9 Å². The van der Waals surface area contributed by atoms with Gasteiger partial charge in [0.25, 0.3) is 11.5 Å². The third-order valence-electron chi connectivity index (χ3n) is 4.98. The van der Waals surface area contributed by atoms with Gasteiger partial charge in [0, 0.05) is 6.54 Å². The number of carbonyl (C=O) groups excluding carboxylic acids is 3. The Bertz CT molecular complexity index is 1010. The predicted molar refractivity (Wildman–Crippen MR) is 110 cm³/mol. The zero-order chi connectivity index (χ0) is 22.4. The molecule has 0 radical (unpaired) electrons. The van der Waals surface area contributed by atoms with Gasteiger partial charge in [0.2, 0.25) is 0 Å². The molecule has 0 aliphatic carbocycles. The number of ether oxygens (including phenoxy) is 2. The van der Waals surface area contributed by atoms with Crippen molar-refractivity contribution in [3.05, 3.63) is 39.8 Å². The van der Waals surface area contributed by atoms with Gasteiger partial charge in [0.05, 0.1) is 23.7 Å². The van der Waals surface area contributed by atoms with Crippen LogP contribution in [-0.4, -0.2) is 47.2 Å². The lowest BCUT2D eigenvalue weighted by Crippen LogP contribution is -2.47. The highest BCUT2D eigenvalue weighted by atomic mass is 16.5. The maximum absolute atomic E-state index is 12.4. The highest BCUT2D eigenvalue weighted by Crippen LogP contribution is 2.14. The van der Waals surface area contributed by atoms with Crippen LogP contribution in [0.3, 0.4) is 0 Å². The third kappa shape index (κ3) is 5.03. The maximum Gasteiger partial charge on any atom is 0.338 e. The predicted octanol–water partition coefficient (Wildman–Crippen LogP) is 1.59. The van der Waals surface area contributed by atoms with Gasteiger partial charge in [0.15, 0.2) is 6.61 Å².